The second-order valence-corrected chi connectivity index (χ2v) is 6.04. The molecular weight excluding hydrogens is 250 g/mol. The molecule has 1 aliphatic rings. The van der Waals surface area contributed by atoms with Crippen molar-refractivity contribution >= 4 is 5.69 Å². The number of nitrogens with zero attached hydrogens (tertiary/aromatic N) is 4. The van der Waals surface area contributed by atoms with Crippen LogP contribution in [0.2, 0.25) is 0 Å². The first-order valence-electron chi connectivity index (χ1n) is 7.26. The van der Waals surface area contributed by atoms with Gasteiger partial charge >= 0.3 is 0 Å². The number of tetrazole rings is 1. The van der Waals surface area contributed by atoms with Gasteiger partial charge in [-0.25, -0.2) is 4.68 Å². The van der Waals surface area contributed by atoms with Gasteiger partial charge in [0.1, 0.15) is 0 Å². The molecule has 0 radical (unpaired) electrons. The van der Waals surface area contributed by atoms with Gasteiger partial charge in [-0.2, -0.15) is 0 Å². The first kappa shape index (κ1) is 13.1. The van der Waals surface area contributed by atoms with Gasteiger partial charge in [-0.15, -0.1) is 5.10 Å². The fourth-order valence-electron chi connectivity index (χ4n) is 3.14. The van der Waals surface area contributed by atoms with Gasteiger partial charge < -0.3 is 5.73 Å². The lowest BCUT2D eigenvalue weighted by atomic mass is 10.1. The van der Waals surface area contributed by atoms with Gasteiger partial charge in [0.2, 0.25) is 0 Å². The van der Waals surface area contributed by atoms with E-state index in [1.165, 1.54) is 19.3 Å². The summed E-state index contributed by atoms with van der Waals surface area (Å²) in [4.78, 5) is 0. The van der Waals surface area contributed by atoms with Gasteiger partial charge in [0.15, 0.2) is 5.82 Å². The Hall–Kier alpha value is -1.91. The highest BCUT2D eigenvalue weighted by Crippen LogP contribution is 2.32. The van der Waals surface area contributed by atoms with E-state index in [1.54, 1.807) is 0 Å². The molecule has 0 spiro atoms. The van der Waals surface area contributed by atoms with Crippen molar-refractivity contribution in [2.75, 3.05) is 5.73 Å². The Morgan fingerprint density at radius 1 is 1.35 bits per heavy atom. The van der Waals surface area contributed by atoms with Crippen LogP contribution >= 0.6 is 0 Å². The zero-order chi connectivity index (χ0) is 14.1. The third kappa shape index (κ3) is 2.53. The first-order valence-corrected chi connectivity index (χ1v) is 7.26. The Morgan fingerprint density at radius 2 is 2.20 bits per heavy atom. The van der Waals surface area contributed by atoms with Gasteiger partial charge in [0.05, 0.1) is 0 Å². The van der Waals surface area contributed by atoms with Crippen molar-refractivity contribution in [2.45, 2.75) is 39.7 Å². The zero-order valence-electron chi connectivity index (χ0n) is 12.1. The van der Waals surface area contributed by atoms with Gasteiger partial charge in [-0.3, -0.25) is 0 Å². The van der Waals surface area contributed by atoms with Gasteiger partial charge in [-0.05, 0) is 59.7 Å². The maximum Gasteiger partial charge on any atom is 0.182 e. The Labute approximate surface area is 119 Å². The third-order valence-electron chi connectivity index (χ3n) is 4.27. The number of aryl methyl sites for hydroxylation is 1. The molecule has 1 aromatic heterocycles. The maximum atomic E-state index is 5.89. The third-order valence-corrected chi connectivity index (χ3v) is 4.27. The number of anilines is 1. The van der Waals surface area contributed by atoms with Crippen molar-refractivity contribution in [2.24, 2.45) is 11.8 Å². The van der Waals surface area contributed by atoms with Crippen molar-refractivity contribution in [1.82, 2.24) is 20.2 Å². The Morgan fingerprint density at radius 3 is 2.95 bits per heavy atom. The van der Waals surface area contributed by atoms with Crippen molar-refractivity contribution in [3.8, 4) is 11.4 Å². The predicted molar refractivity (Wildman–Crippen MR) is 78.9 cm³/mol. The molecule has 2 atom stereocenters. The Bertz CT molecular complexity index is 604. The molecule has 20 heavy (non-hydrogen) atoms. The van der Waals surface area contributed by atoms with Crippen molar-refractivity contribution in [3.63, 3.8) is 0 Å². The largest absolute Gasteiger partial charge is 0.399 e. The number of aromatic nitrogens is 4. The van der Waals surface area contributed by atoms with Gasteiger partial charge in [0.25, 0.3) is 0 Å². The second kappa shape index (κ2) is 5.23. The molecule has 2 N–H and O–H groups in total. The SMILES string of the molecule is Cc1ccc(N)cc1-c1nnnn1CC1CCC(C)C1. The molecule has 0 bridgehead atoms. The van der Waals surface area contributed by atoms with E-state index in [0.29, 0.717) is 5.92 Å². The van der Waals surface area contributed by atoms with Crippen molar-refractivity contribution < 1.29 is 0 Å². The highest BCUT2D eigenvalue weighted by molar-refractivity contribution is 5.65. The molecule has 1 fully saturated rings. The van der Waals surface area contributed by atoms with E-state index in [9.17, 15) is 0 Å². The lowest BCUT2D eigenvalue weighted by Gasteiger charge is -2.12. The summed E-state index contributed by atoms with van der Waals surface area (Å²) in [7, 11) is 0. The molecule has 1 aromatic carbocycles. The van der Waals surface area contributed by atoms with E-state index in [2.05, 4.69) is 29.4 Å². The van der Waals surface area contributed by atoms with Crippen LogP contribution in [-0.4, -0.2) is 20.2 Å². The molecule has 1 aliphatic carbocycles. The molecule has 106 valence electrons. The molecule has 5 nitrogen and oxygen atoms in total. The molecule has 2 aromatic rings. The van der Waals surface area contributed by atoms with Crippen LogP contribution in [0.5, 0.6) is 0 Å². The minimum Gasteiger partial charge on any atom is -0.399 e. The van der Waals surface area contributed by atoms with Crippen LogP contribution in [0.1, 0.15) is 31.7 Å². The minimum absolute atomic E-state index is 0.689. The average Bonchev–Trinajstić information content (AvgIpc) is 3.02. The van der Waals surface area contributed by atoms with E-state index in [-0.39, 0.29) is 0 Å². The maximum absolute atomic E-state index is 5.89. The van der Waals surface area contributed by atoms with E-state index in [1.807, 2.05) is 22.9 Å². The monoisotopic (exact) mass is 271 g/mol. The molecule has 5 heteroatoms. The number of rotatable bonds is 3. The summed E-state index contributed by atoms with van der Waals surface area (Å²) in [6.07, 6.45) is 3.87. The molecule has 0 amide bonds. The second-order valence-electron chi connectivity index (χ2n) is 6.04. The van der Waals surface area contributed by atoms with Crippen LogP contribution in [0.4, 0.5) is 5.69 Å². The minimum atomic E-state index is 0.689. The highest BCUT2D eigenvalue weighted by atomic mass is 15.5. The summed E-state index contributed by atoms with van der Waals surface area (Å²) in [6.45, 7) is 5.29. The summed E-state index contributed by atoms with van der Waals surface area (Å²) < 4.78 is 1.94. The molecule has 2 unspecified atom stereocenters. The fraction of sp³-hybridized carbons (Fsp3) is 0.533. The fourth-order valence-corrected chi connectivity index (χ4v) is 3.14. The van der Waals surface area contributed by atoms with Crippen molar-refractivity contribution in [3.05, 3.63) is 23.8 Å². The summed E-state index contributed by atoms with van der Waals surface area (Å²) in [5, 5.41) is 12.2. The summed E-state index contributed by atoms with van der Waals surface area (Å²) in [5.74, 6) is 2.34. The quantitative estimate of drug-likeness (QED) is 0.871. The number of hydrogen-bond donors (Lipinski definition) is 1. The smallest absolute Gasteiger partial charge is 0.182 e. The van der Waals surface area contributed by atoms with Crippen LogP contribution < -0.4 is 5.73 Å². The number of benzene rings is 1. The standard InChI is InChI=1S/C15H21N5/c1-10-3-5-12(7-10)9-20-15(17-18-19-20)14-8-13(16)6-4-11(14)2/h4,6,8,10,12H,3,5,7,9,16H2,1-2H3. The zero-order valence-corrected chi connectivity index (χ0v) is 12.1. The van der Waals surface area contributed by atoms with Crippen LogP contribution in [0.25, 0.3) is 11.4 Å². The van der Waals surface area contributed by atoms with Crippen LogP contribution in [0, 0.1) is 18.8 Å². The van der Waals surface area contributed by atoms with Crippen LogP contribution in [-0.2, 0) is 6.54 Å². The molecule has 3 rings (SSSR count). The Kier molecular flexibility index (Phi) is 3.42. The topological polar surface area (TPSA) is 69.6 Å². The van der Waals surface area contributed by atoms with Gasteiger partial charge in [-0.1, -0.05) is 19.4 Å². The lowest BCUT2D eigenvalue weighted by Crippen LogP contribution is -2.11. The van der Waals surface area contributed by atoms with E-state index >= 15 is 0 Å². The van der Waals surface area contributed by atoms with E-state index < -0.39 is 0 Å². The normalized spacial score (nSPS) is 22.3. The summed E-state index contributed by atoms with van der Waals surface area (Å²) in [6, 6.07) is 5.88. The molecular formula is C15H21N5. The molecule has 1 heterocycles. The predicted octanol–water partition coefficient (Wildman–Crippen LogP) is 2.67. The van der Waals surface area contributed by atoms with E-state index in [0.717, 1.165) is 35.1 Å². The molecule has 0 aliphatic heterocycles. The summed E-state index contributed by atoms with van der Waals surface area (Å²) in [5.41, 5.74) is 8.81. The Balaban J connectivity index is 1.88. The average molecular weight is 271 g/mol. The summed E-state index contributed by atoms with van der Waals surface area (Å²) >= 11 is 0. The number of nitrogen functional groups attached to an aromatic ring is 1. The molecule has 1 saturated carbocycles. The highest BCUT2D eigenvalue weighted by Gasteiger charge is 2.23. The van der Waals surface area contributed by atoms with E-state index in [4.69, 9.17) is 5.73 Å². The lowest BCUT2D eigenvalue weighted by molar-refractivity contribution is 0.412. The first-order chi connectivity index (χ1) is 9.63. The van der Waals surface area contributed by atoms with Crippen molar-refractivity contribution in [1.29, 1.82) is 0 Å². The molecule has 0 saturated heterocycles. The van der Waals surface area contributed by atoms with Gasteiger partial charge in [0, 0.05) is 17.8 Å². The number of hydrogen-bond acceptors (Lipinski definition) is 4. The van der Waals surface area contributed by atoms with Crippen LogP contribution in [0.3, 0.4) is 0 Å². The number of nitrogens with two attached hydrogens (primary N) is 1. The van der Waals surface area contributed by atoms with Crippen LogP contribution in [0.15, 0.2) is 18.2 Å².